The Kier molecular flexibility index (Phi) is 6.74. The van der Waals surface area contributed by atoms with E-state index < -0.39 is 4.92 Å². The number of carbonyl (C=O) groups excluding carboxylic acids is 2. The lowest BCUT2D eigenvalue weighted by atomic mass is 9.95. The van der Waals surface area contributed by atoms with Crippen LogP contribution in [0, 0.1) is 16.0 Å². The molecule has 9 nitrogen and oxygen atoms in total. The Hall–Kier alpha value is -3.75. The lowest BCUT2D eigenvalue weighted by molar-refractivity contribution is -0.384. The van der Waals surface area contributed by atoms with Gasteiger partial charge < -0.3 is 9.64 Å². The normalized spacial score (nSPS) is 14.5. The van der Waals surface area contributed by atoms with Crippen molar-refractivity contribution in [1.29, 1.82) is 0 Å². The molecule has 9 heteroatoms. The molecule has 156 valence electrons. The van der Waals surface area contributed by atoms with Crippen LogP contribution in [0.1, 0.15) is 28.8 Å². The Labute approximate surface area is 173 Å². The van der Waals surface area contributed by atoms with Crippen LogP contribution in [0.2, 0.25) is 0 Å². The third-order valence-electron chi connectivity index (χ3n) is 4.94. The zero-order chi connectivity index (χ0) is 21.5. The molecule has 30 heavy (non-hydrogen) atoms. The van der Waals surface area contributed by atoms with Gasteiger partial charge in [0.15, 0.2) is 0 Å². The number of piperidine rings is 1. The van der Waals surface area contributed by atoms with Gasteiger partial charge in [-0.05, 0) is 31.0 Å². The van der Waals surface area contributed by atoms with Gasteiger partial charge in [0.05, 0.1) is 18.2 Å². The van der Waals surface area contributed by atoms with Crippen LogP contribution >= 0.6 is 0 Å². The molecule has 0 saturated carbocycles. The standard InChI is InChI=1S/C21H22N4O5/c1-30-19-7-3-5-17(13-19)21(27)24-10-8-16(9-11-24)20(26)23-22-14-15-4-2-6-18(12-15)25(28)29/h2-7,12-14,16H,8-11H2,1H3,(H,23,26)/b22-14-. The number of hydrogen-bond donors (Lipinski definition) is 1. The van der Waals surface area contributed by atoms with Crippen molar-refractivity contribution in [3.05, 3.63) is 69.8 Å². The minimum absolute atomic E-state index is 0.0432. The average Bonchev–Trinajstić information content (AvgIpc) is 2.78. The van der Waals surface area contributed by atoms with E-state index in [9.17, 15) is 19.7 Å². The highest BCUT2D eigenvalue weighted by Gasteiger charge is 2.27. The van der Waals surface area contributed by atoms with Crippen molar-refractivity contribution < 1.29 is 19.2 Å². The molecule has 0 radical (unpaired) electrons. The van der Waals surface area contributed by atoms with Crippen molar-refractivity contribution in [3.8, 4) is 5.75 Å². The fourth-order valence-electron chi connectivity index (χ4n) is 3.26. The van der Waals surface area contributed by atoms with Crippen molar-refractivity contribution in [2.24, 2.45) is 11.0 Å². The summed E-state index contributed by atoms with van der Waals surface area (Å²) in [7, 11) is 1.55. The third kappa shape index (κ3) is 5.19. The van der Waals surface area contributed by atoms with Crippen molar-refractivity contribution >= 4 is 23.7 Å². The molecule has 1 fully saturated rings. The van der Waals surface area contributed by atoms with Crippen molar-refractivity contribution in [3.63, 3.8) is 0 Å². The number of nitrogens with one attached hydrogen (secondary N) is 1. The van der Waals surface area contributed by atoms with Gasteiger partial charge in [-0.15, -0.1) is 0 Å². The topological polar surface area (TPSA) is 114 Å². The minimum Gasteiger partial charge on any atom is -0.497 e. The monoisotopic (exact) mass is 410 g/mol. The highest BCUT2D eigenvalue weighted by atomic mass is 16.6. The highest BCUT2D eigenvalue weighted by molar-refractivity contribution is 5.94. The van der Waals surface area contributed by atoms with E-state index in [4.69, 9.17) is 4.74 Å². The van der Waals surface area contributed by atoms with Crippen molar-refractivity contribution in [2.75, 3.05) is 20.2 Å². The molecule has 0 atom stereocenters. The maximum atomic E-state index is 12.6. The summed E-state index contributed by atoms with van der Waals surface area (Å²) in [6.07, 6.45) is 2.44. The Balaban J connectivity index is 1.51. The van der Waals surface area contributed by atoms with Crippen molar-refractivity contribution in [1.82, 2.24) is 10.3 Å². The lowest BCUT2D eigenvalue weighted by Gasteiger charge is -2.31. The first-order valence-electron chi connectivity index (χ1n) is 9.48. The number of hydrazone groups is 1. The Bertz CT molecular complexity index is 967. The second-order valence-electron chi connectivity index (χ2n) is 6.88. The summed E-state index contributed by atoms with van der Waals surface area (Å²) in [4.78, 5) is 37.0. The summed E-state index contributed by atoms with van der Waals surface area (Å²) in [5.41, 5.74) is 3.51. The number of non-ortho nitro benzene ring substituents is 1. The molecular formula is C21H22N4O5. The molecule has 2 aromatic rings. The van der Waals surface area contributed by atoms with E-state index in [-0.39, 0.29) is 23.4 Å². The third-order valence-corrected chi connectivity index (χ3v) is 4.94. The summed E-state index contributed by atoms with van der Waals surface area (Å²) in [6.45, 7) is 0.950. The van der Waals surface area contributed by atoms with Gasteiger partial charge in [-0.25, -0.2) is 5.43 Å². The molecule has 0 aliphatic carbocycles. The molecule has 1 saturated heterocycles. The zero-order valence-electron chi connectivity index (χ0n) is 16.5. The summed E-state index contributed by atoms with van der Waals surface area (Å²) < 4.78 is 5.16. The number of nitro benzene ring substituents is 1. The number of nitro groups is 1. The van der Waals surface area contributed by atoms with Crippen LogP contribution in [0.4, 0.5) is 5.69 Å². The van der Waals surface area contributed by atoms with E-state index in [0.29, 0.717) is 42.8 Å². The predicted octanol–water partition coefficient (Wildman–Crippen LogP) is 2.61. The van der Waals surface area contributed by atoms with Gasteiger partial charge in [-0.3, -0.25) is 19.7 Å². The first-order valence-corrected chi connectivity index (χ1v) is 9.48. The SMILES string of the molecule is COc1cccc(C(=O)N2CCC(C(=O)N/N=C\c3cccc([N+](=O)[O-])c3)CC2)c1. The summed E-state index contributed by atoms with van der Waals surface area (Å²) >= 11 is 0. The van der Waals surface area contributed by atoms with E-state index in [1.165, 1.54) is 18.3 Å². The first-order chi connectivity index (χ1) is 14.5. The molecular weight excluding hydrogens is 388 g/mol. The van der Waals surface area contributed by atoms with Gasteiger partial charge in [-0.1, -0.05) is 18.2 Å². The Morgan fingerprint density at radius 2 is 1.93 bits per heavy atom. The van der Waals surface area contributed by atoms with Gasteiger partial charge in [-0.2, -0.15) is 5.10 Å². The van der Waals surface area contributed by atoms with Gasteiger partial charge in [0.1, 0.15) is 5.75 Å². The molecule has 0 spiro atoms. The Morgan fingerprint density at radius 3 is 2.63 bits per heavy atom. The largest absolute Gasteiger partial charge is 0.497 e. The number of carbonyl (C=O) groups is 2. The molecule has 1 aliphatic heterocycles. The van der Waals surface area contributed by atoms with Gasteiger partial charge in [0.2, 0.25) is 5.91 Å². The minimum atomic E-state index is -0.490. The molecule has 0 unspecified atom stereocenters. The molecule has 0 aromatic heterocycles. The van der Waals surface area contributed by atoms with Crippen LogP contribution in [0.25, 0.3) is 0 Å². The summed E-state index contributed by atoms with van der Waals surface area (Å²) in [6, 6.07) is 13.0. The predicted molar refractivity (Wildman–Crippen MR) is 110 cm³/mol. The van der Waals surface area contributed by atoms with Crippen LogP contribution in [0.15, 0.2) is 53.6 Å². The molecule has 1 heterocycles. The second-order valence-corrected chi connectivity index (χ2v) is 6.88. The number of benzene rings is 2. The zero-order valence-corrected chi connectivity index (χ0v) is 16.5. The van der Waals surface area contributed by atoms with Crippen LogP contribution < -0.4 is 10.2 Å². The molecule has 0 bridgehead atoms. The maximum Gasteiger partial charge on any atom is 0.270 e. The number of methoxy groups -OCH3 is 1. The summed E-state index contributed by atoms with van der Waals surface area (Å²) in [5.74, 6) is 0.0555. The quantitative estimate of drug-likeness (QED) is 0.447. The smallest absolute Gasteiger partial charge is 0.270 e. The van der Waals surface area contributed by atoms with Crippen LogP contribution in [0.3, 0.4) is 0 Å². The van der Waals surface area contributed by atoms with Gasteiger partial charge in [0, 0.05) is 42.3 Å². The molecule has 2 aromatic carbocycles. The number of ether oxygens (including phenoxy) is 1. The fourth-order valence-corrected chi connectivity index (χ4v) is 3.26. The molecule has 3 rings (SSSR count). The molecule has 1 N–H and O–H groups in total. The van der Waals surface area contributed by atoms with E-state index >= 15 is 0 Å². The number of hydrogen-bond acceptors (Lipinski definition) is 6. The van der Waals surface area contributed by atoms with E-state index in [0.717, 1.165) is 0 Å². The van der Waals surface area contributed by atoms with E-state index in [1.807, 2.05) is 0 Å². The maximum absolute atomic E-state index is 12.6. The van der Waals surface area contributed by atoms with E-state index in [1.54, 1.807) is 48.4 Å². The molecule has 2 amide bonds. The second kappa shape index (κ2) is 9.64. The van der Waals surface area contributed by atoms with Gasteiger partial charge >= 0.3 is 0 Å². The Morgan fingerprint density at radius 1 is 1.20 bits per heavy atom. The molecule has 1 aliphatic rings. The van der Waals surface area contributed by atoms with Gasteiger partial charge in [0.25, 0.3) is 11.6 Å². The number of likely N-dealkylation sites (tertiary alicyclic amines) is 1. The van der Waals surface area contributed by atoms with Crippen LogP contribution in [0.5, 0.6) is 5.75 Å². The number of nitrogens with zero attached hydrogens (tertiary/aromatic N) is 3. The van der Waals surface area contributed by atoms with Crippen LogP contribution in [-0.2, 0) is 4.79 Å². The first kappa shape index (κ1) is 21.0. The lowest BCUT2D eigenvalue weighted by Crippen LogP contribution is -2.42. The highest BCUT2D eigenvalue weighted by Crippen LogP contribution is 2.21. The van der Waals surface area contributed by atoms with Crippen molar-refractivity contribution in [2.45, 2.75) is 12.8 Å². The summed E-state index contributed by atoms with van der Waals surface area (Å²) in [5, 5.41) is 14.7. The number of amides is 2. The fraction of sp³-hybridized carbons (Fsp3) is 0.286. The number of rotatable bonds is 6. The van der Waals surface area contributed by atoms with E-state index in [2.05, 4.69) is 10.5 Å². The average molecular weight is 410 g/mol. The van der Waals surface area contributed by atoms with Crippen LogP contribution in [-0.4, -0.2) is 48.1 Å².